The summed E-state index contributed by atoms with van der Waals surface area (Å²) in [5.41, 5.74) is 2.66. The molecule has 5 nitrogen and oxygen atoms in total. The third-order valence-corrected chi connectivity index (χ3v) is 4.70. The van der Waals surface area contributed by atoms with E-state index in [4.69, 9.17) is 4.74 Å². The summed E-state index contributed by atoms with van der Waals surface area (Å²) in [6, 6.07) is 8.96. The SMILES string of the molecule is CN=C(NCc1ccccc1CN(C)C)NC1CC2CCC1O2. The van der Waals surface area contributed by atoms with Gasteiger partial charge in [0, 0.05) is 20.1 Å². The first-order valence-electron chi connectivity index (χ1n) is 8.50. The van der Waals surface area contributed by atoms with Gasteiger partial charge in [0.2, 0.25) is 0 Å². The summed E-state index contributed by atoms with van der Waals surface area (Å²) >= 11 is 0. The van der Waals surface area contributed by atoms with E-state index in [1.807, 2.05) is 7.05 Å². The van der Waals surface area contributed by atoms with Crippen LogP contribution in [-0.4, -0.2) is 50.3 Å². The van der Waals surface area contributed by atoms with Crippen molar-refractivity contribution in [1.82, 2.24) is 15.5 Å². The van der Waals surface area contributed by atoms with Gasteiger partial charge in [-0.15, -0.1) is 0 Å². The monoisotopic (exact) mass is 316 g/mol. The lowest BCUT2D eigenvalue weighted by molar-refractivity contribution is 0.0992. The summed E-state index contributed by atoms with van der Waals surface area (Å²) in [5.74, 6) is 0.866. The Hall–Kier alpha value is -1.59. The minimum atomic E-state index is 0.361. The second-order valence-corrected chi connectivity index (χ2v) is 6.79. The number of benzene rings is 1. The van der Waals surface area contributed by atoms with E-state index in [0.717, 1.165) is 25.5 Å². The number of guanidine groups is 1. The smallest absolute Gasteiger partial charge is 0.191 e. The molecule has 2 aliphatic heterocycles. The van der Waals surface area contributed by atoms with E-state index >= 15 is 0 Å². The maximum absolute atomic E-state index is 5.91. The molecule has 1 aromatic rings. The maximum atomic E-state index is 5.91. The molecule has 126 valence electrons. The lowest BCUT2D eigenvalue weighted by Gasteiger charge is -2.23. The Kier molecular flexibility index (Phi) is 5.18. The molecule has 0 aliphatic carbocycles. The molecule has 23 heavy (non-hydrogen) atoms. The molecule has 0 saturated carbocycles. The van der Waals surface area contributed by atoms with Crippen LogP contribution in [0.3, 0.4) is 0 Å². The van der Waals surface area contributed by atoms with Crippen LogP contribution in [-0.2, 0) is 17.8 Å². The molecule has 5 heteroatoms. The van der Waals surface area contributed by atoms with Crippen molar-refractivity contribution in [3.8, 4) is 0 Å². The van der Waals surface area contributed by atoms with E-state index in [-0.39, 0.29) is 0 Å². The van der Waals surface area contributed by atoms with E-state index < -0.39 is 0 Å². The first-order chi connectivity index (χ1) is 11.2. The molecule has 3 rings (SSSR count). The maximum Gasteiger partial charge on any atom is 0.191 e. The molecule has 2 fully saturated rings. The van der Waals surface area contributed by atoms with Gasteiger partial charge in [-0.25, -0.2) is 0 Å². The molecule has 0 amide bonds. The van der Waals surface area contributed by atoms with Crippen LogP contribution < -0.4 is 10.6 Å². The summed E-state index contributed by atoms with van der Waals surface area (Å²) in [6.45, 7) is 1.73. The Balaban J connectivity index is 1.56. The molecule has 2 aliphatic rings. The zero-order chi connectivity index (χ0) is 16.2. The highest BCUT2D eigenvalue weighted by atomic mass is 16.5. The van der Waals surface area contributed by atoms with Crippen LogP contribution in [0, 0.1) is 0 Å². The van der Waals surface area contributed by atoms with Crippen molar-refractivity contribution in [3.05, 3.63) is 35.4 Å². The number of aliphatic imine (C=N–C) groups is 1. The molecule has 2 bridgehead atoms. The fourth-order valence-electron chi connectivity index (χ4n) is 3.56. The summed E-state index contributed by atoms with van der Waals surface area (Å²) in [7, 11) is 6.02. The Labute approximate surface area is 139 Å². The Morgan fingerprint density at radius 2 is 2.04 bits per heavy atom. The van der Waals surface area contributed by atoms with E-state index in [0.29, 0.717) is 18.2 Å². The molecular formula is C18H28N4O. The van der Waals surface area contributed by atoms with Gasteiger partial charge in [-0.05, 0) is 44.5 Å². The van der Waals surface area contributed by atoms with Crippen LogP contribution in [0.5, 0.6) is 0 Å². The van der Waals surface area contributed by atoms with Crippen LogP contribution in [0.1, 0.15) is 30.4 Å². The molecule has 0 spiro atoms. The first kappa shape index (κ1) is 16.3. The molecule has 3 atom stereocenters. The van der Waals surface area contributed by atoms with Gasteiger partial charge in [-0.2, -0.15) is 0 Å². The van der Waals surface area contributed by atoms with Crippen LogP contribution in [0.4, 0.5) is 0 Å². The molecule has 0 aromatic heterocycles. The van der Waals surface area contributed by atoms with E-state index in [2.05, 4.69) is 58.9 Å². The van der Waals surface area contributed by atoms with Crippen LogP contribution in [0.2, 0.25) is 0 Å². The van der Waals surface area contributed by atoms with Crippen LogP contribution in [0.25, 0.3) is 0 Å². The van der Waals surface area contributed by atoms with Crippen molar-refractivity contribution >= 4 is 5.96 Å². The minimum Gasteiger partial charge on any atom is -0.373 e. The largest absolute Gasteiger partial charge is 0.373 e. The standard InChI is InChI=1S/C18H28N4O/c1-19-18(21-16-10-15-8-9-17(16)23-15)20-11-13-6-4-5-7-14(13)12-22(2)3/h4-7,15-17H,8-12H2,1-3H3,(H2,19,20,21). The molecule has 2 saturated heterocycles. The first-order valence-corrected chi connectivity index (χ1v) is 8.50. The lowest BCUT2D eigenvalue weighted by Crippen LogP contribution is -2.47. The third-order valence-electron chi connectivity index (χ3n) is 4.70. The molecule has 2 heterocycles. The van der Waals surface area contributed by atoms with Crippen molar-refractivity contribution in [1.29, 1.82) is 0 Å². The van der Waals surface area contributed by atoms with Gasteiger partial charge in [0.15, 0.2) is 5.96 Å². The normalized spacial score (nSPS) is 26.8. The second-order valence-electron chi connectivity index (χ2n) is 6.79. The number of nitrogens with one attached hydrogen (secondary N) is 2. The van der Waals surface area contributed by atoms with Crippen molar-refractivity contribution < 1.29 is 4.74 Å². The van der Waals surface area contributed by atoms with Gasteiger partial charge in [-0.1, -0.05) is 24.3 Å². The van der Waals surface area contributed by atoms with Gasteiger partial charge >= 0.3 is 0 Å². The number of fused-ring (bicyclic) bond motifs is 2. The summed E-state index contributed by atoms with van der Waals surface area (Å²) < 4.78 is 5.91. The Morgan fingerprint density at radius 1 is 1.26 bits per heavy atom. The van der Waals surface area contributed by atoms with Crippen molar-refractivity contribution in [2.45, 2.75) is 50.6 Å². The van der Waals surface area contributed by atoms with Crippen molar-refractivity contribution in [2.75, 3.05) is 21.1 Å². The minimum absolute atomic E-state index is 0.361. The molecule has 3 unspecified atom stereocenters. The lowest BCUT2D eigenvalue weighted by atomic mass is 9.96. The van der Waals surface area contributed by atoms with Gasteiger partial charge in [0.25, 0.3) is 0 Å². The number of rotatable bonds is 5. The summed E-state index contributed by atoms with van der Waals surface area (Å²) in [5, 5.41) is 6.98. The van der Waals surface area contributed by atoms with E-state index in [1.54, 1.807) is 0 Å². The fourth-order valence-corrected chi connectivity index (χ4v) is 3.56. The van der Waals surface area contributed by atoms with Gasteiger partial charge in [0.1, 0.15) is 0 Å². The van der Waals surface area contributed by atoms with Crippen molar-refractivity contribution in [3.63, 3.8) is 0 Å². The highest BCUT2D eigenvalue weighted by molar-refractivity contribution is 5.80. The molecule has 2 N–H and O–H groups in total. The molecular weight excluding hydrogens is 288 g/mol. The summed E-state index contributed by atoms with van der Waals surface area (Å²) in [4.78, 5) is 6.56. The third kappa shape index (κ3) is 4.03. The zero-order valence-corrected chi connectivity index (χ0v) is 14.4. The predicted octanol–water partition coefficient (Wildman–Crippen LogP) is 1.73. The Morgan fingerprint density at radius 3 is 2.65 bits per heavy atom. The van der Waals surface area contributed by atoms with Crippen molar-refractivity contribution in [2.24, 2.45) is 4.99 Å². The highest BCUT2D eigenvalue weighted by Crippen LogP contribution is 2.34. The highest BCUT2D eigenvalue weighted by Gasteiger charge is 2.41. The average Bonchev–Trinajstić information content (AvgIpc) is 3.14. The van der Waals surface area contributed by atoms with Crippen LogP contribution in [0.15, 0.2) is 29.3 Å². The topological polar surface area (TPSA) is 48.9 Å². The second kappa shape index (κ2) is 7.32. The van der Waals surface area contributed by atoms with E-state index in [1.165, 1.54) is 24.0 Å². The molecule has 0 radical (unpaired) electrons. The van der Waals surface area contributed by atoms with Gasteiger partial charge < -0.3 is 20.3 Å². The van der Waals surface area contributed by atoms with Gasteiger partial charge in [0.05, 0.1) is 18.2 Å². The molecule has 1 aromatic carbocycles. The zero-order valence-electron chi connectivity index (χ0n) is 14.4. The number of hydrogen-bond acceptors (Lipinski definition) is 3. The number of hydrogen-bond donors (Lipinski definition) is 2. The van der Waals surface area contributed by atoms with E-state index in [9.17, 15) is 0 Å². The quantitative estimate of drug-likeness (QED) is 0.642. The summed E-state index contributed by atoms with van der Waals surface area (Å²) in [6.07, 6.45) is 4.30. The fraction of sp³-hybridized carbons (Fsp3) is 0.611. The average molecular weight is 316 g/mol. The number of nitrogens with zero attached hydrogens (tertiary/aromatic N) is 2. The van der Waals surface area contributed by atoms with Gasteiger partial charge in [-0.3, -0.25) is 4.99 Å². The predicted molar refractivity (Wildman–Crippen MR) is 93.5 cm³/mol. The van der Waals surface area contributed by atoms with Crippen LogP contribution >= 0.6 is 0 Å². The Bertz CT molecular complexity index is 558. The number of ether oxygens (including phenoxy) is 1.